The maximum absolute atomic E-state index is 12.2. The Morgan fingerprint density at radius 1 is 1.32 bits per heavy atom. The van der Waals surface area contributed by atoms with Crippen molar-refractivity contribution in [1.29, 1.82) is 0 Å². The molecule has 1 aromatic rings. The zero-order valence-electron chi connectivity index (χ0n) is 11.5. The molecule has 0 saturated heterocycles. The molecular formula is C14H20BrNO3. The zero-order chi connectivity index (χ0) is 14.4. The molecule has 0 aromatic heterocycles. The first-order chi connectivity index (χ1) is 8.95. The van der Waals surface area contributed by atoms with Gasteiger partial charge in [0.2, 0.25) is 0 Å². The summed E-state index contributed by atoms with van der Waals surface area (Å²) in [6.07, 6.45) is -0.574. The van der Waals surface area contributed by atoms with E-state index in [0.29, 0.717) is 12.3 Å². The third-order valence-corrected chi connectivity index (χ3v) is 3.25. The second-order valence-corrected chi connectivity index (χ2v) is 5.48. The van der Waals surface area contributed by atoms with E-state index in [0.717, 1.165) is 4.47 Å². The Hall–Kier alpha value is -1.07. The van der Waals surface area contributed by atoms with E-state index < -0.39 is 6.10 Å². The number of carbonyl (C=O) groups is 1. The summed E-state index contributed by atoms with van der Waals surface area (Å²) in [4.78, 5) is 13.8. The van der Waals surface area contributed by atoms with Gasteiger partial charge in [-0.25, -0.2) is 0 Å². The van der Waals surface area contributed by atoms with E-state index in [1.54, 1.807) is 24.0 Å². The van der Waals surface area contributed by atoms with Gasteiger partial charge in [-0.1, -0.05) is 15.9 Å². The molecule has 1 unspecified atom stereocenters. The minimum absolute atomic E-state index is 0.0376. The maximum atomic E-state index is 12.2. The van der Waals surface area contributed by atoms with E-state index in [2.05, 4.69) is 15.9 Å². The molecule has 0 radical (unpaired) electrons. The van der Waals surface area contributed by atoms with Crippen LogP contribution in [0, 0.1) is 0 Å². The van der Waals surface area contributed by atoms with Gasteiger partial charge in [-0.15, -0.1) is 0 Å². The summed E-state index contributed by atoms with van der Waals surface area (Å²) in [6.45, 7) is 5.83. The number of hydrogen-bond donors (Lipinski definition) is 1. The van der Waals surface area contributed by atoms with Gasteiger partial charge < -0.3 is 14.7 Å². The van der Waals surface area contributed by atoms with Gasteiger partial charge in [0.25, 0.3) is 5.91 Å². The van der Waals surface area contributed by atoms with Crippen LogP contribution in [0.15, 0.2) is 28.7 Å². The average molecular weight is 330 g/mol. The lowest BCUT2D eigenvalue weighted by Crippen LogP contribution is -2.45. The Morgan fingerprint density at radius 2 is 1.89 bits per heavy atom. The average Bonchev–Trinajstić information content (AvgIpc) is 2.37. The van der Waals surface area contributed by atoms with Crippen LogP contribution in [0.25, 0.3) is 0 Å². The van der Waals surface area contributed by atoms with Crippen LogP contribution in [0.3, 0.4) is 0 Å². The predicted molar refractivity (Wildman–Crippen MR) is 78.2 cm³/mol. The highest BCUT2D eigenvalue weighted by molar-refractivity contribution is 9.10. The first-order valence-electron chi connectivity index (χ1n) is 6.29. The highest BCUT2D eigenvalue weighted by Gasteiger charge is 2.23. The molecule has 4 nitrogen and oxygen atoms in total. The van der Waals surface area contributed by atoms with E-state index in [-0.39, 0.29) is 18.6 Å². The monoisotopic (exact) mass is 329 g/mol. The number of nitrogens with zero attached hydrogens (tertiary/aromatic N) is 1. The molecule has 0 spiro atoms. The standard InChI is InChI=1S/C14H20BrNO3/c1-10(2)16(8-9-17)14(18)11(3)19-13-6-4-12(15)5-7-13/h4-7,10-11,17H,8-9H2,1-3H3. The summed E-state index contributed by atoms with van der Waals surface area (Å²) < 4.78 is 6.58. The van der Waals surface area contributed by atoms with Crippen LogP contribution in [-0.4, -0.2) is 41.2 Å². The van der Waals surface area contributed by atoms with Crippen molar-refractivity contribution >= 4 is 21.8 Å². The van der Waals surface area contributed by atoms with Gasteiger partial charge in [0.15, 0.2) is 6.10 Å². The lowest BCUT2D eigenvalue weighted by atomic mass is 10.2. The number of rotatable bonds is 6. The van der Waals surface area contributed by atoms with Crippen LogP contribution in [0.1, 0.15) is 20.8 Å². The molecule has 1 atom stereocenters. The van der Waals surface area contributed by atoms with Crippen molar-refractivity contribution < 1.29 is 14.6 Å². The topological polar surface area (TPSA) is 49.8 Å². The number of benzene rings is 1. The molecule has 0 aliphatic rings. The molecule has 19 heavy (non-hydrogen) atoms. The number of aliphatic hydroxyl groups is 1. The second-order valence-electron chi connectivity index (χ2n) is 4.56. The SMILES string of the molecule is CC(Oc1ccc(Br)cc1)C(=O)N(CCO)C(C)C. The minimum Gasteiger partial charge on any atom is -0.481 e. The third-order valence-electron chi connectivity index (χ3n) is 2.72. The zero-order valence-corrected chi connectivity index (χ0v) is 13.1. The Kier molecular flexibility index (Phi) is 6.31. The van der Waals surface area contributed by atoms with Gasteiger partial charge in [-0.2, -0.15) is 0 Å². The van der Waals surface area contributed by atoms with Crippen LogP contribution >= 0.6 is 15.9 Å². The van der Waals surface area contributed by atoms with Gasteiger partial charge in [0, 0.05) is 17.1 Å². The molecule has 0 fully saturated rings. The van der Waals surface area contributed by atoms with Crippen molar-refractivity contribution in [2.75, 3.05) is 13.2 Å². The summed E-state index contributed by atoms with van der Waals surface area (Å²) in [5.74, 6) is 0.531. The van der Waals surface area contributed by atoms with Crippen LogP contribution < -0.4 is 4.74 Å². The predicted octanol–water partition coefficient (Wildman–Crippen LogP) is 2.45. The number of amides is 1. The van der Waals surface area contributed by atoms with Crippen molar-refractivity contribution in [2.24, 2.45) is 0 Å². The molecule has 0 bridgehead atoms. The number of carbonyl (C=O) groups excluding carboxylic acids is 1. The molecule has 0 aliphatic heterocycles. The number of aliphatic hydroxyl groups excluding tert-OH is 1. The van der Waals surface area contributed by atoms with Gasteiger partial charge in [-0.3, -0.25) is 4.79 Å². The van der Waals surface area contributed by atoms with Crippen molar-refractivity contribution in [3.05, 3.63) is 28.7 Å². The molecule has 1 N–H and O–H groups in total. The summed E-state index contributed by atoms with van der Waals surface area (Å²) in [6, 6.07) is 7.37. The maximum Gasteiger partial charge on any atom is 0.263 e. The molecule has 0 aliphatic carbocycles. The molecule has 1 aromatic carbocycles. The normalized spacial score (nSPS) is 12.3. The van der Waals surface area contributed by atoms with E-state index in [9.17, 15) is 4.79 Å². The second kappa shape index (κ2) is 7.50. The highest BCUT2D eigenvalue weighted by atomic mass is 79.9. The largest absolute Gasteiger partial charge is 0.481 e. The van der Waals surface area contributed by atoms with Crippen molar-refractivity contribution in [1.82, 2.24) is 4.90 Å². The van der Waals surface area contributed by atoms with Crippen molar-refractivity contribution in [3.8, 4) is 5.75 Å². The van der Waals surface area contributed by atoms with E-state index in [1.807, 2.05) is 26.0 Å². The fraction of sp³-hybridized carbons (Fsp3) is 0.500. The Morgan fingerprint density at radius 3 is 2.37 bits per heavy atom. The first-order valence-corrected chi connectivity index (χ1v) is 7.08. The summed E-state index contributed by atoms with van der Waals surface area (Å²) in [7, 11) is 0. The Balaban J connectivity index is 2.67. The van der Waals surface area contributed by atoms with Gasteiger partial charge >= 0.3 is 0 Å². The van der Waals surface area contributed by atoms with Crippen LogP contribution in [-0.2, 0) is 4.79 Å². The van der Waals surface area contributed by atoms with E-state index >= 15 is 0 Å². The van der Waals surface area contributed by atoms with Crippen LogP contribution in [0.4, 0.5) is 0 Å². The minimum atomic E-state index is -0.574. The fourth-order valence-corrected chi connectivity index (χ4v) is 2.00. The lowest BCUT2D eigenvalue weighted by Gasteiger charge is -2.28. The first kappa shape index (κ1) is 16.0. The van der Waals surface area contributed by atoms with Gasteiger partial charge in [0.05, 0.1) is 6.61 Å². The third kappa shape index (κ3) is 4.84. The Labute approximate surface area is 122 Å². The smallest absolute Gasteiger partial charge is 0.263 e. The van der Waals surface area contributed by atoms with Crippen molar-refractivity contribution in [2.45, 2.75) is 32.9 Å². The Bertz CT molecular complexity index is 406. The molecule has 0 heterocycles. The van der Waals surface area contributed by atoms with Crippen LogP contribution in [0.2, 0.25) is 0 Å². The molecule has 1 rings (SSSR count). The molecule has 1 amide bonds. The summed E-state index contributed by atoms with van der Waals surface area (Å²) >= 11 is 3.34. The fourth-order valence-electron chi connectivity index (χ4n) is 1.73. The highest BCUT2D eigenvalue weighted by Crippen LogP contribution is 2.18. The lowest BCUT2D eigenvalue weighted by molar-refractivity contribution is -0.140. The number of hydrogen-bond acceptors (Lipinski definition) is 3. The number of halogens is 1. The van der Waals surface area contributed by atoms with Gasteiger partial charge in [0.1, 0.15) is 5.75 Å². The van der Waals surface area contributed by atoms with E-state index in [4.69, 9.17) is 9.84 Å². The van der Waals surface area contributed by atoms with E-state index in [1.165, 1.54) is 0 Å². The molecular weight excluding hydrogens is 310 g/mol. The molecule has 106 valence electrons. The van der Waals surface area contributed by atoms with Gasteiger partial charge in [-0.05, 0) is 45.0 Å². The van der Waals surface area contributed by atoms with Crippen molar-refractivity contribution in [3.63, 3.8) is 0 Å². The quantitative estimate of drug-likeness (QED) is 0.872. The molecule has 5 heteroatoms. The summed E-state index contributed by atoms with van der Waals surface area (Å²) in [5, 5.41) is 9.00. The number of ether oxygens (including phenoxy) is 1. The summed E-state index contributed by atoms with van der Waals surface area (Å²) in [5.41, 5.74) is 0. The molecule has 0 saturated carbocycles. The van der Waals surface area contributed by atoms with Crippen LogP contribution in [0.5, 0.6) is 5.75 Å².